The van der Waals surface area contributed by atoms with Gasteiger partial charge in [0.25, 0.3) is 0 Å². The van der Waals surface area contributed by atoms with E-state index in [-0.39, 0.29) is 17.2 Å². The van der Waals surface area contributed by atoms with Crippen LogP contribution < -0.4 is 5.69 Å². The normalized spacial score (nSPS) is 28.0. The van der Waals surface area contributed by atoms with E-state index in [0.717, 1.165) is 4.57 Å². The third-order valence-corrected chi connectivity index (χ3v) is 3.56. The number of aromatic amines is 1. The van der Waals surface area contributed by atoms with Crippen LogP contribution in [-0.2, 0) is 14.3 Å². The lowest BCUT2D eigenvalue weighted by Gasteiger charge is -2.17. The van der Waals surface area contributed by atoms with E-state index in [4.69, 9.17) is 21.7 Å². The number of rotatable bonds is 4. The molecule has 0 aromatic carbocycles. The van der Waals surface area contributed by atoms with Gasteiger partial charge in [-0.1, -0.05) is 26.1 Å². The Labute approximate surface area is 131 Å². The molecule has 3 N–H and O–H groups in total. The number of nitrogens with zero attached hydrogens (tertiary/aromatic N) is 1. The highest BCUT2D eigenvalue weighted by atomic mass is 32.1. The van der Waals surface area contributed by atoms with Crippen molar-refractivity contribution in [2.45, 2.75) is 38.4 Å². The second kappa shape index (κ2) is 6.69. The van der Waals surface area contributed by atoms with Crippen molar-refractivity contribution in [3.05, 3.63) is 27.4 Å². The van der Waals surface area contributed by atoms with Gasteiger partial charge in [-0.25, -0.2) is 4.79 Å². The summed E-state index contributed by atoms with van der Waals surface area (Å²) in [6, 6.07) is 1.46. The lowest BCUT2D eigenvalue weighted by Crippen LogP contribution is -2.36. The first-order valence-electron chi connectivity index (χ1n) is 6.81. The molecule has 4 atom stereocenters. The van der Waals surface area contributed by atoms with Crippen molar-refractivity contribution in [2.24, 2.45) is 5.92 Å². The van der Waals surface area contributed by atoms with E-state index in [1.165, 1.54) is 12.3 Å². The first-order valence-corrected chi connectivity index (χ1v) is 7.21. The van der Waals surface area contributed by atoms with E-state index in [1.54, 1.807) is 13.8 Å². The van der Waals surface area contributed by atoms with Crippen molar-refractivity contribution >= 4 is 18.2 Å². The summed E-state index contributed by atoms with van der Waals surface area (Å²) in [6.07, 6.45) is -3.25. The van der Waals surface area contributed by atoms with Crippen molar-refractivity contribution in [2.75, 3.05) is 6.61 Å². The highest BCUT2D eigenvalue weighted by Gasteiger charge is 2.44. The van der Waals surface area contributed by atoms with Crippen LogP contribution in [0.3, 0.4) is 0 Å². The SMILES string of the molecule is CC(C)C(=O)OC[C@H]1O[C@@H](n2ccc(=S)[nH]c2=O)[C@H](O)[C@@H]1O. The molecule has 1 saturated heterocycles. The zero-order valence-corrected chi connectivity index (χ0v) is 12.9. The molecule has 1 fully saturated rings. The van der Waals surface area contributed by atoms with Crippen LogP contribution in [0, 0.1) is 10.6 Å². The summed E-state index contributed by atoms with van der Waals surface area (Å²) >= 11 is 4.83. The molecular formula is C13H18N2O6S. The van der Waals surface area contributed by atoms with Crippen LogP contribution in [0.4, 0.5) is 0 Å². The van der Waals surface area contributed by atoms with Gasteiger partial charge in [0.2, 0.25) is 0 Å². The molecule has 0 unspecified atom stereocenters. The second-order valence-corrected chi connectivity index (χ2v) is 5.79. The van der Waals surface area contributed by atoms with E-state index in [1.807, 2.05) is 0 Å². The number of nitrogens with one attached hydrogen (secondary N) is 1. The number of esters is 1. The molecule has 0 aliphatic carbocycles. The average molecular weight is 330 g/mol. The fourth-order valence-corrected chi connectivity index (χ4v) is 2.20. The number of carbonyl (C=O) groups is 1. The Morgan fingerprint density at radius 2 is 2.18 bits per heavy atom. The Morgan fingerprint density at radius 3 is 2.77 bits per heavy atom. The van der Waals surface area contributed by atoms with Gasteiger partial charge >= 0.3 is 11.7 Å². The minimum Gasteiger partial charge on any atom is -0.463 e. The number of carbonyl (C=O) groups excluding carboxylic acids is 1. The average Bonchev–Trinajstić information content (AvgIpc) is 2.73. The Hall–Kier alpha value is -1.55. The zero-order valence-electron chi connectivity index (χ0n) is 12.1. The van der Waals surface area contributed by atoms with E-state index in [9.17, 15) is 19.8 Å². The second-order valence-electron chi connectivity index (χ2n) is 5.35. The van der Waals surface area contributed by atoms with Crippen molar-refractivity contribution in [3.8, 4) is 0 Å². The predicted octanol–water partition coefficient (Wildman–Crippen LogP) is -0.276. The molecule has 2 heterocycles. The molecule has 0 radical (unpaired) electrons. The number of ether oxygens (including phenoxy) is 2. The van der Waals surface area contributed by atoms with E-state index >= 15 is 0 Å². The lowest BCUT2D eigenvalue weighted by molar-refractivity contribution is -0.153. The van der Waals surface area contributed by atoms with Crippen molar-refractivity contribution in [1.29, 1.82) is 0 Å². The summed E-state index contributed by atoms with van der Waals surface area (Å²) in [4.78, 5) is 25.7. The van der Waals surface area contributed by atoms with Crippen LogP contribution in [0.15, 0.2) is 17.1 Å². The molecule has 0 saturated carbocycles. The molecule has 122 valence electrons. The van der Waals surface area contributed by atoms with Gasteiger partial charge in [0.05, 0.1) is 5.92 Å². The number of aliphatic hydroxyl groups excluding tert-OH is 2. The molecule has 8 nitrogen and oxygen atoms in total. The van der Waals surface area contributed by atoms with Crippen molar-refractivity contribution < 1.29 is 24.5 Å². The summed E-state index contributed by atoms with van der Waals surface area (Å²) in [7, 11) is 0. The summed E-state index contributed by atoms with van der Waals surface area (Å²) in [5, 5.41) is 20.0. The van der Waals surface area contributed by atoms with Crippen LogP contribution in [0.1, 0.15) is 20.1 Å². The number of H-pyrrole nitrogens is 1. The van der Waals surface area contributed by atoms with Gasteiger partial charge in [0.1, 0.15) is 29.6 Å². The minimum absolute atomic E-state index is 0.205. The molecule has 1 aliphatic heterocycles. The highest BCUT2D eigenvalue weighted by molar-refractivity contribution is 7.71. The first kappa shape index (κ1) is 16.8. The molecule has 22 heavy (non-hydrogen) atoms. The van der Waals surface area contributed by atoms with E-state index in [0.29, 0.717) is 0 Å². The summed E-state index contributed by atoms with van der Waals surface area (Å²) in [6.45, 7) is 3.15. The predicted molar refractivity (Wildman–Crippen MR) is 77.6 cm³/mol. The maximum atomic E-state index is 11.8. The molecule has 0 spiro atoms. The largest absolute Gasteiger partial charge is 0.463 e. The van der Waals surface area contributed by atoms with Gasteiger partial charge in [-0.05, 0) is 6.07 Å². The Morgan fingerprint density at radius 1 is 1.50 bits per heavy atom. The van der Waals surface area contributed by atoms with Crippen LogP contribution >= 0.6 is 12.2 Å². The van der Waals surface area contributed by atoms with Gasteiger partial charge in [0, 0.05) is 6.20 Å². The molecule has 2 rings (SSSR count). The third kappa shape index (κ3) is 3.43. The fraction of sp³-hybridized carbons (Fsp3) is 0.615. The molecule has 1 aliphatic rings. The first-order chi connectivity index (χ1) is 10.3. The molecule has 1 aromatic rings. The van der Waals surface area contributed by atoms with Gasteiger partial charge in [-0.3, -0.25) is 14.3 Å². The van der Waals surface area contributed by atoms with Crippen molar-refractivity contribution in [3.63, 3.8) is 0 Å². The third-order valence-electron chi connectivity index (χ3n) is 3.32. The van der Waals surface area contributed by atoms with Gasteiger partial charge in [0.15, 0.2) is 6.23 Å². The molecule has 0 bridgehead atoms. The van der Waals surface area contributed by atoms with E-state index < -0.39 is 36.2 Å². The molecule has 9 heteroatoms. The quantitative estimate of drug-likeness (QED) is 0.514. The van der Waals surface area contributed by atoms with Crippen LogP contribution in [0.25, 0.3) is 0 Å². The fourth-order valence-electron chi connectivity index (χ4n) is 2.06. The summed E-state index contributed by atoms with van der Waals surface area (Å²) < 4.78 is 11.8. The van der Waals surface area contributed by atoms with E-state index in [2.05, 4.69) is 4.98 Å². The summed E-state index contributed by atoms with van der Waals surface area (Å²) in [5.74, 6) is -0.745. The Bertz CT molecular complexity index is 654. The van der Waals surface area contributed by atoms with Crippen LogP contribution in [0.5, 0.6) is 0 Å². The van der Waals surface area contributed by atoms with Gasteiger partial charge < -0.3 is 19.7 Å². The minimum atomic E-state index is -1.33. The Kier molecular flexibility index (Phi) is 5.12. The standard InChI is InChI=1S/C13H18N2O6S/c1-6(2)12(18)20-5-7-9(16)10(17)11(21-7)15-4-3-8(22)14-13(15)19/h3-4,6-7,9-11,16-17H,5H2,1-2H3,(H,14,19,22)/t7-,9-,10-,11-/m1/s1. The van der Waals surface area contributed by atoms with Crippen LogP contribution in [-0.4, -0.2) is 50.7 Å². The topological polar surface area (TPSA) is 114 Å². The molecular weight excluding hydrogens is 312 g/mol. The van der Waals surface area contributed by atoms with Crippen LogP contribution in [0.2, 0.25) is 0 Å². The molecule has 1 aromatic heterocycles. The number of aliphatic hydroxyl groups is 2. The maximum Gasteiger partial charge on any atom is 0.328 e. The summed E-state index contributed by atoms with van der Waals surface area (Å²) in [5.41, 5.74) is -0.566. The smallest absolute Gasteiger partial charge is 0.328 e. The van der Waals surface area contributed by atoms with Gasteiger partial charge in [-0.2, -0.15) is 0 Å². The van der Waals surface area contributed by atoms with Crippen molar-refractivity contribution in [1.82, 2.24) is 9.55 Å². The number of hydrogen-bond donors (Lipinski definition) is 3. The number of hydrogen-bond acceptors (Lipinski definition) is 7. The van der Waals surface area contributed by atoms with Gasteiger partial charge in [-0.15, -0.1) is 0 Å². The number of aromatic nitrogens is 2. The lowest BCUT2D eigenvalue weighted by atomic mass is 10.1. The molecule has 0 amide bonds. The Balaban J connectivity index is 2.11. The zero-order chi connectivity index (χ0) is 16.4. The monoisotopic (exact) mass is 330 g/mol. The maximum absolute atomic E-state index is 11.8. The highest BCUT2D eigenvalue weighted by Crippen LogP contribution is 2.28.